The van der Waals surface area contributed by atoms with Crippen molar-refractivity contribution in [2.75, 3.05) is 14.2 Å². The van der Waals surface area contributed by atoms with Crippen molar-refractivity contribution < 1.29 is 14.0 Å². The fourth-order valence-electron chi connectivity index (χ4n) is 1.79. The summed E-state index contributed by atoms with van der Waals surface area (Å²) in [6.07, 6.45) is 0. The summed E-state index contributed by atoms with van der Waals surface area (Å²) in [7, 11) is 3.09. The molecule has 2 N–H and O–H groups in total. The highest BCUT2D eigenvalue weighted by Crippen LogP contribution is 2.43. The van der Waals surface area contributed by atoms with E-state index in [0.717, 1.165) is 5.56 Å². The SMILES string of the molecule is COc1cc(C)c(OC)c(Cl)c1-c1noc(CN)n1. The molecule has 0 bridgehead atoms. The molecule has 1 heterocycles. The molecular formula is C12H14ClN3O3. The number of hydrogen-bond donors (Lipinski definition) is 1. The van der Waals surface area contributed by atoms with E-state index in [-0.39, 0.29) is 6.54 Å². The number of halogens is 1. The lowest BCUT2D eigenvalue weighted by Gasteiger charge is -2.13. The molecule has 0 aliphatic rings. The molecular weight excluding hydrogens is 270 g/mol. The fourth-order valence-corrected chi connectivity index (χ4v) is 2.19. The van der Waals surface area contributed by atoms with E-state index in [2.05, 4.69) is 10.1 Å². The number of nitrogens with zero attached hydrogens (tertiary/aromatic N) is 2. The lowest BCUT2D eigenvalue weighted by molar-refractivity contribution is 0.379. The predicted octanol–water partition coefficient (Wildman–Crippen LogP) is 2.17. The Balaban J connectivity index is 2.66. The normalized spacial score (nSPS) is 10.6. The van der Waals surface area contributed by atoms with Crippen LogP contribution in [0.1, 0.15) is 11.5 Å². The van der Waals surface area contributed by atoms with Gasteiger partial charge in [-0.1, -0.05) is 16.8 Å². The van der Waals surface area contributed by atoms with Crippen LogP contribution >= 0.6 is 11.6 Å². The molecule has 0 saturated heterocycles. The van der Waals surface area contributed by atoms with Crippen molar-refractivity contribution in [1.29, 1.82) is 0 Å². The van der Waals surface area contributed by atoms with Gasteiger partial charge in [-0.05, 0) is 18.6 Å². The van der Waals surface area contributed by atoms with Gasteiger partial charge in [0.25, 0.3) is 0 Å². The summed E-state index contributed by atoms with van der Waals surface area (Å²) in [4.78, 5) is 4.15. The smallest absolute Gasteiger partial charge is 0.240 e. The minimum absolute atomic E-state index is 0.163. The monoisotopic (exact) mass is 283 g/mol. The van der Waals surface area contributed by atoms with E-state index in [4.69, 9.17) is 31.3 Å². The number of benzene rings is 1. The molecule has 1 aromatic heterocycles. The lowest BCUT2D eigenvalue weighted by atomic mass is 10.1. The molecule has 19 heavy (non-hydrogen) atoms. The van der Waals surface area contributed by atoms with Gasteiger partial charge < -0.3 is 19.7 Å². The van der Waals surface area contributed by atoms with Crippen LogP contribution in [0.25, 0.3) is 11.4 Å². The molecule has 0 atom stereocenters. The minimum atomic E-state index is 0.163. The van der Waals surface area contributed by atoms with Gasteiger partial charge >= 0.3 is 0 Å². The zero-order valence-corrected chi connectivity index (χ0v) is 11.6. The predicted molar refractivity (Wildman–Crippen MR) is 70.5 cm³/mol. The Morgan fingerprint density at radius 3 is 2.63 bits per heavy atom. The van der Waals surface area contributed by atoms with E-state index in [1.54, 1.807) is 20.3 Å². The highest BCUT2D eigenvalue weighted by molar-refractivity contribution is 6.35. The number of rotatable bonds is 4. The molecule has 102 valence electrons. The average Bonchev–Trinajstić information content (AvgIpc) is 2.86. The van der Waals surface area contributed by atoms with Crippen LogP contribution in [0.3, 0.4) is 0 Å². The molecule has 0 spiro atoms. The summed E-state index contributed by atoms with van der Waals surface area (Å²) in [6.45, 7) is 2.04. The molecule has 0 radical (unpaired) electrons. The Labute approximate surface area is 115 Å². The summed E-state index contributed by atoms with van der Waals surface area (Å²) in [5.41, 5.74) is 6.83. The lowest BCUT2D eigenvalue weighted by Crippen LogP contribution is -1.98. The fraction of sp³-hybridized carbons (Fsp3) is 0.333. The van der Waals surface area contributed by atoms with E-state index < -0.39 is 0 Å². The molecule has 0 unspecified atom stereocenters. The van der Waals surface area contributed by atoms with Gasteiger partial charge in [-0.2, -0.15) is 4.98 Å². The van der Waals surface area contributed by atoms with Gasteiger partial charge in [0, 0.05) is 0 Å². The van der Waals surface area contributed by atoms with E-state index in [9.17, 15) is 0 Å². The number of aromatic nitrogens is 2. The third-order valence-corrected chi connectivity index (χ3v) is 3.02. The van der Waals surface area contributed by atoms with Gasteiger partial charge in [0.15, 0.2) is 0 Å². The van der Waals surface area contributed by atoms with Crippen molar-refractivity contribution in [3.05, 3.63) is 22.5 Å². The molecule has 0 saturated carbocycles. The van der Waals surface area contributed by atoms with Crippen LogP contribution in [-0.4, -0.2) is 24.4 Å². The first-order chi connectivity index (χ1) is 9.12. The van der Waals surface area contributed by atoms with Gasteiger partial charge in [0.1, 0.15) is 11.5 Å². The Bertz CT molecular complexity index is 598. The minimum Gasteiger partial charge on any atom is -0.496 e. The largest absolute Gasteiger partial charge is 0.496 e. The summed E-state index contributed by atoms with van der Waals surface area (Å²) in [5, 5.41) is 4.22. The molecule has 2 aromatic rings. The highest BCUT2D eigenvalue weighted by Gasteiger charge is 2.21. The molecule has 7 heteroatoms. The Kier molecular flexibility index (Phi) is 3.92. The Hall–Kier alpha value is -1.79. The highest BCUT2D eigenvalue weighted by atomic mass is 35.5. The third-order valence-electron chi connectivity index (χ3n) is 2.66. The zero-order valence-electron chi connectivity index (χ0n) is 10.9. The second-order valence-corrected chi connectivity index (χ2v) is 4.21. The molecule has 0 aliphatic carbocycles. The molecule has 0 amide bonds. The van der Waals surface area contributed by atoms with Crippen molar-refractivity contribution in [2.45, 2.75) is 13.5 Å². The summed E-state index contributed by atoms with van der Waals surface area (Å²) >= 11 is 6.33. The van der Waals surface area contributed by atoms with Crippen molar-refractivity contribution in [3.8, 4) is 22.9 Å². The maximum Gasteiger partial charge on any atom is 0.240 e. The van der Waals surface area contributed by atoms with Crippen LogP contribution < -0.4 is 15.2 Å². The Morgan fingerprint density at radius 1 is 1.37 bits per heavy atom. The number of hydrogen-bond acceptors (Lipinski definition) is 6. The van der Waals surface area contributed by atoms with Crippen LogP contribution in [0, 0.1) is 6.92 Å². The van der Waals surface area contributed by atoms with E-state index >= 15 is 0 Å². The maximum atomic E-state index is 6.33. The number of nitrogens with two attached hydrogens (primary N) is 1. The third kappa shape index (κ3) is 2.36. The van der Waals surface area contributed by atoms with Crippen molar-refractivity contribution in [3.63, 3.8) is 0 Å². The van der Waals surface area contributed by atoms with Crippen molar-refractivity contribution in [1.82, 2.24) is 10.1 Å². The Morgan fingerprint density at radius 2 is 2.11 bits per heavy atom. The molecule has 0 fully saturated rings. The van der Waals surface area contributed by atoms with E-state index in [1.807, 2.05) is 6.92 Å². The summed E-state index contributed by atoms with van der Waals surface area (Å²) in [6, 6.07) is 1.80. The maximum absolute atomic E-state index is 6.33. The quantitative estimate of drug-likeness (QED) is 0.926. The first-order valence-corrected chi connectivity index (χ1v) is 5.94. The number of methoxy groups -OCH3 is 2. The van der Waals surface area contributed by atoms with Gasteiger partial charge in [0.05, 0.1) is 31.4 Å². The topological polar surface area (TPSA) is 83.4 Å². The van der Waals surface area contributed by atoms with Crippen LogP contribution in [0.15, 0.2) is 10.6 Å². The number of aryl methyl sites for hydroxylation is 1. The van der Waals surface area contributed by atoms with Crippen LogP contribution in [-0.2, 0) is 6.54 Å². The first-order valence-electron chi connectivity index (χ1n) is 5.56. The summed E-state index contributed by atoms with van der Waals surface area (Å²) in [5.74, 6) is 1.75. The van der Waals surface area contributed by atoms with Crippen molar-refractivity contribution >= 4 is 11.6 Å². The molecule has 2 rings (SSSR count). The van der Waals surface area contributed by atoms with Gasteiger partial charge in [-0.15, -0.1) is 0 Å². The van der Waals surface area contributed by atoms with Gasteiger partial charge in [-0.3, -0.25) is 0 Å². The first kappa shape index (κ1) is 13.6. The average molecular weight is 284 g/mol. The second kappa shape index (κ2) is 5.46. The number of ether oxygens (including phenoxy) is 2. The van der Waals surface area contributed by atoms with E-state index in [0.29, 0.717) is 33.8 Å². The summed E-state index contributed by atoms with van der Waals surface area (Å²) < 4.78 is 15.6. The van der Waals surface area contributed by atoms with Crippen LogP contribution in [0.5, 0.6) is 11.5 Å². The second-order valence-electron chi connectivity index (χ2n) is 3.83. The van der Waals surface area contributed by atoms with E-state index in [1.165, 1.54) is 0 Å². The van der Waals surface area contributed by atoms with Gasteiger partial charge in [-0.25, -0.2) is 0 Å². The molecule has 1 aromatic carbocycles. The van der Waals surface area contributed by atoms with Crippen molar-refractivity contribution in [2.24, 2.45) is 5.73 Å². The standard InChI is InChI=1S/C12H14ClN3O3/c1-6-4-7(17-2)9(10(13)11(6)18-3)12-15-8(5-14)19-16-12/h4H,5,14H2,1-3H3. The van der Waals surface area contributed by atoms with Crippen LogP contribution in [0.4, 0.5) is 0 Å². The molecule has 0 aliphatic heterocycles. The van der Waals surface area contributed by atoms with Crippen LogP contribution in [0.2, 0.25) is 5.02 Å². The van der Waals surface area contributed by atoms with Gasteiger partial charge in [0.2, 0.25) is 11.7 Å². The molecule has 6 nitrogen and oxygen atoms in total. The zero-order chi connectivity index (χ0) is 14.0.